The minimum atomic E-state index is 0.228. The number of likely N-dealkylation sites (tertiary alicyclic amines) is 1. The first-order chi connectivity index (χ1) is 10.5. The number of benzene rings is 1. The first kappa shape index (κ1) is 16.3. The third-order valence-corrected chi connectivity index (χ3v) is 3.76. The van der Waals surface area contributed by atoms with Crippen molar-refractivity contribution in [2.45, 2.75) is 32.7 Å². The van der Waals surface area contributed by atoms with Crippen LogP contribution in [0.1, 0.15) is 25.8 Å². The Morgan fingerprint density at radius 1 is 1.41 bits per heavy atom. The SMILES string of the molecule is CC(C)NC(N)=NCC1CC(=O)N(CCc2ccccc2)C1. The molecular formula is C17H26N4O. The Labute approximate surface area is 132 Å². The maximum Gasteiger partial charge on any atom is 0.223 e. The summed E-state index contributed by atoms with van der Waals surface area (Å²) in [4.78, 5) is 18.3. The number of aliphatic imine (C=N–C) groups is 1. The van der Waals surface area contributed by atoms with Gasteiger partial charge in [0, 0.05) is 38.0 Å². The minimum absolute atomic E-state index is 0.228. The van der Waals surface area contributed by atoms with Crippen LogP contribution < -0.4 is 11.1 Å². The predicted octanol–water partition coefficient (Wildman–Crippen LogP) is 1.39. The van der Waals surface area contributed by atoms with Gasteiger partial charge in [0.25, 0.3) is 0 Å². The number of nitrogens with zero attached hydrogens (tertiary/aromatic N) is 2. The molecule has 1 saturated heterocycles. The van der Waals surface area contributed by atoms with Crippen LogP contribution in [0.2, 0.25) is 0 Å². The zero-order valence-corrected chi connectivity index (χ0v) is 13.5. The van der Waals surface area contributed by atoms with E-state index in [1.54, 1.807) is 0 Å². The quantitative estimate of drug-likeness (QED) is 0.616. The Bertz CT molecular complexity index is 513. The van der Waals surface area contributed by atoms with Crippen molar-refractivity contribution in [2.75, 3.05) is 19.6 Å². The summed E-state index contributed by atoms with van der Waals surface area (Å²) in [6.45, 7) is 6.21. The van der Waals surface area contributed by atoms with Gasteiger partial charge in [0.1, 0.15) is 0 Å². The van der Waals surface area contributed by atoms with Crippen molar-refractivity contribution < 1.29 is 4.79 Å². The Morgan fingerprint density at radius 3 is 2.82 bits per heavy atom. The minimum Gasteiger partial charge on any atom is -0.370 e. The molecule has 0 aliphatic carbocycles. The summed E-state index contributed by atoms with van der Waals surface area (Å²) >= 11 is 0. The van der Waals surface area contributed by atoms with E-state index in [4.69, 9.17) is 5.73 Å². The fourth-order valence-corrected chi connectivity index (χ4v) is 2.67. The third-order valence-electron chi connectivity index (χ3n) is 3.76. The van der Waals surface area contributed by atoms with Crippen molar-refractivity contribution in [1.29, 1.82) is 0 Å². The number of rotatable bonds is 6. The topological polar surface area (TPSA) is 70.7 Å². The molecule has 0 radical (unpaired) electrons. The average molecular weight is 302 g/mol. The fraction of sp³-hybridized carbons (Fsp3) is 0.529. The van der Waals surface area contributed by atoms with E-state index in [1.165, 1.54) is 5.56 Å². The third kappa shape index (κ3) is 5.06. The maximum absolute atomic E-state index is 12.1. The Hall–Kier alpha value is -2.04. The van der Waals surface area contributed by atoms with Crippen LogP contribution in [0.25, 0.3) is 0 Å². The van der Waals surface area contributed by atoms with E-state index in [1.807, 2.05) is 36.9 Å². The Kier molecular flexibility index (Phi) is 5.81. The van der Waals surface area contributed by atoms with Crippen molar-refractivity contribution in [1.82, 2.24) is 10.2 Å². The van der Waals surface area contributed by atoms with Crippen LogP contribution in [0.5, 0.6) is 0 Å². The molecule has 1 amide bonds. The summed E-state index contributed by atoms with van der Waals surface area (Å²) in [6.07, 6.45) is 1.48. The van der Waals surface area contributed by atoms with Crippen LogP contribution in [0.4, 0.5) is 0 Å². The molecule has 1 heterocycles. The van der Waals surface area contributed by atoms with E-state index in [0.29, 0.717) is 18.9 Å². The predicted molar refractivity (Wildman–Crippen MR) is 89.6 cm³/mol. The molecule has 1 unspecified atom stereocenters. The molecule has 1 fully saturated rings. The van der Waals surface area contributed by atoms with E-state index >= 15 is 0 Å². The van der Waals surface area contributed by atoms with Gasteiger partial charge in [-0.05, 0) is 25.8 Å². The summed E-state index contributed by atoms with van der Waals surface area (Å²) in [5.41, 5.74) is 7.06. The van der Waals surface area contributed by atoms with Crippen LogP contribution >= 0.6 is 0 Å². The van der Waals surface area contributed by atoms with Gasteiger partial charge < -0.3 is 16.0 Å². The molecule has 1 aliphatic heterocycles. The van der Waals surface area contributed by atoms with Gasteiger partial charge in [-0.25, -0.2) is 0 Å². The van der Waals surface area contributed by atoms with Gasteiger partial charge in [-0.1, -0.05) is 30.3 Å². The number of amides is 1. The molecule has 1 aromatic rings. The highest BCUT2D eigenvalue weighted by atomic mass is 16.2. The van der Waals surface area contributed by atoms with Crippen LogP contribution in [-0.2, 0) is 11.2 Å². The largest absolute Gasteiger partial charge is 0.370 e. The lowest BCUT2D eigenvalue weighted by Crippen LogP contribution is -2.37. The molecule has 22 heavy (non-hydrogen) atoms. The second-order valence-electron chi connectivity index (χ2n) is 6.17. The number of guanidine groups is 1. The maximum atomic E-state index is 12.1. The van der Waals surface area contributed by atoms with E-state index in [2.05, 4.69) is 22.4 Å². The summed E-state index contributed by atoms with van der Waals surface area (Å²) < 4.78 is 0. The summed E-state index contributed by atoms with van der Waals surface area (Å²) in [7, 11) is 0. The molecule has 2 rings (SSSR count). The standard InChI is InChI=1S/C17H26N4O/c1-13(2)20-17(18)19-11-15-10-16(22)21(12-15)9-8-14-6-4-3-5-7-14/h3-7,13,15H,8-12H2,1-2H3,(H3,18,19,20). The second kappa shape index (κ2) is 7.82. The first-order valence-electron chi connectivity index (χ1n) is 7.92. The Balaban J connectivity index is 1.78. The van der Waals surface area contributed by atoms with Gasteiger partial charge >= 0.3 is 0 Å². The number of carbonyl (C=O) groups is 1. The van der Waals surface area contributed by atoms with Crippen molar-refractivity contribution in [2.24, 2.45) is 16.6 Å². The zero-order chi connectivity index (χ0) is 15.9. The van der Waals surface area contributed by atoms with Gasteiger partial charge in [-0.15, -0.1) is 0 Å². The van der Waals surface area contributed by atoms with Crippen molar-refractivity contribution in [3.05, 3.63) is 35.9 Å². The lowest BCUT2D eigenvalue weighted by atomic mass is 10.1. The van der Waals surface area contributed by atoms with E-state index < -0.39 is 0 Å². The number of hydrogen-bond donors (Lipinski definition) is 2. The van der Waals surface area contributed by atoms with Crippen molar-refractivity contribution in [3.63, 3.8) is 0 Å². The average Bonchev–Trinajstić information content (AvgIpc) is 2.84. The molecule has 3 N–H and O–H groups in total. The van der Waals surface area contributed by atoms with Gasteiger partial charge in [0.05, 0.1) is 0 Å². The fourth-order valence-electron chi connectivity index (χ4n) is 2.67. The first-order valence-corrected chi connectivity index (χ1v) is 7.92. The Morgan fingerprint density at radius 2 is 2.14 bits per heavy atom. The molecule has 1 atom stereocenters. The van der Waals surface area contributed by atoms with Crippen molar-refractivity contribution >= 4 is 11.9 Å². The lowest BCUT2D eigenvalue weighted by Gasteiger charge is -2.16. The number of nitrogens with one attached hydrogen (secondary N) is 1. The molecule has 0 spiro atoms. The molecule has 5 nitrogen and oxygen atoms in total. The van der Waals surface area contributed by atoms with Crippen LogP contribution in [0, 0.1) is 5.92 Å². The van der Waals surface area contributed by atoms with E-state index in [0.717, 1.165) is 19.5 Å². The van der Waals surface area contributed by atoms with Crippen LogP contribution in [-0.4, -0.2) is 42.4 Å². The molecule has 120 valence electrons. The molecule has 5 heteroatoms. The number of hydrogen-bond acceptors (Lipinski definition) is 2. The van der Waals surface area contributed by atoms with E-state index in [-0.39, 0.29) is 17.9 Å². The number of carbonyl (C=O) groups excluding carboxylic acids is 1. The second-order valence-corrected chi connectivity index (χ2v) is 6.17. The number of nitrogens with two attached hydrogens (primary N) is 1. The molecule has 1 aromatic carbocycles. The van der Waals surface area contributed by atoms with Gasteiger partial charge in [0.15, 0.2) is 5.96 Å². The summed E-state index contributed by atoms with van der Waals surface area (Å²) in [5, 5.41) is 3.06. The monoisotopic (exact) mass is 302 g/mol. The normalized spacial score (nSPS) is 19.0. The summed E-state index contributed by atoms with van der Waals surface area (Å²) in [6, 6.07) is 10.5. The zero-order valence-electron chi connectivity index (χ0n) is 13.5. The lowest BCUT2D eigenvalue weighted by molar-refractivity contribution is -0.127. The highest BCUT2D eigenvalue weighted by Gasteiger charge is 2.28. The molecular weight excluding hydrogens is 276 g/mol. The van der Waals surface area contributed by atoms with Crippen LogP contribution in [0.3, 0.4) is 0 Å². The van der Waals surface area contributed by atoms with Crippen molar-refractivity contribution in [3.8, 4) is 0 Å². The highest BCUT2D eigenvalue weighted by molar-refractivity contribution is 5.79. The summed E-state index contributed by atoms with van der Waals surface area (Å²) in [5.74, 6) is 0.965. The van der Waals surface area contributed by atoms with Gasteiger partial charge in [-0.2, -0.15) is 0 Å². The smallest absolute Gasteiger partial charge is 0.223 e. The van der Waals surface area contributed by atoms with Crippen LogP contribution in [0.15, 0.2) is 35.3 Å². The van der Waals surface area contributed by atoms with Gasteiger partial charge in [-0.3, -0.25) is 9.79 Å². The molecule has 0 aromatic heterocycles. The van der Waals surface area contributed by atoms with Gasteiger partial charge in [0.2, 0.25) is 5.91 Å². The molecule has 0 saturated carbocycles. The highest BCUT2D eigenvalue weighted by Crippen LogP contribution is 2.18. The molecule has 1 aliphatic rings. The van der Waals surface area contributed by atoms with E-state index in [9.17, 15) is 4.79 Å². The molecule has 0 bridgehead atoms.